The minimum absolute atomic E-state index is 0.0731. The zero-order valence-electron chi connectivity index (χ0n) is 13.8. The third kappa shape index (κ3) is 4.87. The third-order valence-electron chi connectivity index (χ3n) is 4.47. The van der Waals surface area contributed by atoms with Crippen LogP contribution in [-0.4, -0.2) is 38.8 Å². The van der Waals surface area contributed by atoms with Crippen molar-refractivity contribution in [3.05, 3.63) is 69.9 Å². The molecule has 1 amide bonds. The van der Waals surface area contributed by atoms with E-state index in [0.717, 1.165) is 23.1 Å². The normalized spacial score (nSPS) is 16.4. The van der Waals surface area contributed by atoms with Gasteiger partial charge in [0.15, 0.2) is 0 Å². The molecule has 0 aliphatic carbocycles. The van der Waals surface area contributed by atoms with Gasteiger partial charge in [0.2, 0.25) is 0 Å². The number of amides is 1. The Morgan fingerprint density at radius 1 is 1.12 bits per heavy atom. The number of rotatable bonds is 5. The van der Waals surface area contributed by atoms with Gasteiger partial charge in [0.05, 0.1) is 19.8 Å². The second kappa shape index (κ2) is 8.56. The fourth-order valence-corrected chi connectivity index (χ4v) is 3.34. The Morgan fingerprint density at radius 3 is 2.40 bits per heavy atom. The lowest BCUT2D eigenvalue weighted by atomic mass is 10.0. The smallest absolute Gasteiger partial charge is 0.251 e. The van der Waals surface area contributed by atoms with Gasteiger partial charge in [-0.2, -0.15) is 0 Å². The van der Waals surface area contributed by atoms with Gasteiger partial charge in [-0.1, -0.05) is 28.1 Å². The molecule has 6 heteroatoms. The van der Waals surface area contributed by atoms with Crippen LogP contribution in [0.3, 0.4) is 0 Å². The minimum atomic E-state index is -0.252. The summed E-state index contributed by atoms with van der Waals surface area (Å²) in [6, 6.07) is 13.9. The lowest BCUT2D eigenvalue weighted by Crippen LogP contribution is -3.15. The number of hydrogen-bond donors (Lipinski definition) is 2. The molecule has 1 saturated heterocycles. The second-order valence-electron chi connectivity index (χ2n) is 6.09. The van der Waals surface area contributed by atoms with Crippen LogP contribution in [0.15, 0.2) is 53.0 Å². The van der Waals surface area contributed by atoms with E-state index in [2.05, 4.69) is 21.2 Å². The number of halogens is 2. The Kier molecular flexibility index (Phi) is 6.18. The van der Waals surface area contributed by atoms with E-state index in [4.69, 9.17) is 4.74 Å². The highest BCUT2D eigenvalue weighted by molar-refractivity contribution is 9.10. The van der Waals surface area contributed by atoms with Crippen molar-refractivity contribution in [2.75, 3.05) is 32.8 Å². The van der Waals surface area contributed by atoms with Crippen molar-refractivity contribution in [3.63, 3.8) is 0 Å². The lowest BCUT2D eigenvalue weighted by molar-refractivity contribution is -0.937. The first-order valence-corrected chi connectivity index (χ1v) is 9.14. The Hall–Kier alpha value is -1.76. The molecule has 1 atom stereocenters. The summed E-state index contributed by atoms with van der Waals surface area (Å²) >= 11 is 3.37. The van der Waals surface area contributed by atoms with Crippen LogP contribution in [0.1, 0.15) is 22.0 Å². The van der Waals surface area contributed by atoms with Gasteiger partial charge in [-0.15, -0.1) is 0 Å². The summed E-state index contributed by atoms with van der Waals surface area (Å²) in [5.74, 6) is -0.356. The van der Waals surface area contributed by atoms with Crippen LogP contribution < -0.4 is 10.2 Å². The monoisotopic (exact) mass is 407 g/mol. The summed E-state index contributed by atoms with van der Waals surface area (Å²) < 4.78 is 19.6. The van der Waals surface area contributed by atoms with Gasteiger partial charge in [0, 0.05) is 15.6 Å². The van der Waals surface area contributed by atoms with Gasteiger partial charge in [-0.05, 0) is 36.4 Å². The summed E-state index contributed by atoms with van der Waals surface area (Å²) in [7, 11) is 0. The highest BCUT2D eigenvalue weighted by Gasteiger charge is 2.27. The number of benzene rings is 2. The Balaban J connectivity index is 1.71. The highest BCUT2D eigenvalue weighted by atomic mass is 79.9. The number of morpholine rings is 1. The van der Waals surface area contributed by atoms with Crippen molar-refractivity contribution in [1.29, 1.82) is 0 Å². The minimum Gasteiger partial charge on any atom is -0.370 e. The van der Waals surface area contributed by atoms with Gasteiger partial charge in [0.25, 0.3) is 5.91 Å². The first kappa shape index (κ1) is 18.0. The molecule has 4 nitrogen and oxygen atoms in total. The first-order chi connectivity index (χ1) is 12.1. The quantitative estimate of drug-likeness (QED) is 0.795. The maximum atomic E-state index is 13.3. The van der Waals surface area contributed by atoms with Gasteiger partial charge in [-0.3, -0.25) is 4.79 Å². The molecule has 1 heterocycles. The van der Waals surface area contributed by atoms with Gasteiger partial charge in [-0.25, -0.2) is 4.39 Å². The van der Waals surface area contributed by atoms with Crippen LogP contribution in [-0.2, 0) is 4.74 Å². The van der Waals surface area contributed by atoms with Gasteiger partial charge in [0.1, 0.15) is 24.9 Å². The van der Waals surface area contributed by atoms with Crippen LogP contribution in [0.2, 0.25) is 0 Å². The molecule has 1 aliphatic heterocycles. The van der Waals surface area contributed by atoms with Crippen molar-refractivity contribution in [2.24, 2.45) is 0 Å². The Bertz CT molecular complexity index is 700. The molecule has 1 fully saturated rings. The fraction of sp³-hybridized carbons (Fsp3) is 0.316. The second-order valence-corrected chi connectivity index (χ2v) is 7.01. The molecule has 0 radical (unpaired) electrons. The number of quaternary nitrogens is 1. The number of nitrogens with one attached hydrogen (secondary N) is 2. The predicted octanol–water partition coefficient (Wildman–Crippen LogP) is 1.97. The number of hydrogen-bond acceptors (Lipinski definition) is 2. The highest BCUT2D eigenvalue weighted by Crippen LogP contribution is 2.13. The largest absolute Gasteiger partial charge is 0.370 e. The SMILES string of the molecule is O=C(NC[C@H](c1ccc(F)cc1)[NH+]1CCOCC1)c1ccc(Br)cc1. The van der Waals surface area contributed by atoms with Gasteiger partial charge < -0.3 is 15.0 Å². The van der Waals surface area contributed by atoms with Gasteiger partial charge >= 0.3 is 0 Å². The summed E-state index contributed by atoms with van der Waals surface area (Å²) in [4.78, 5) is 13.7. The number of ether oxygens (including phenoxy) is 1. The summed E-state index contributed by atoms with van der Waals surface area (Å²) in [5, 5.41) is 3.02. The molecule has 2 aromatic rings. The van der Waals surface area contributed by atoms with E-state index in [0.29, 0.717) is 25.3 Å². The third-order valence-corrected chi connectivity index (χ3v) is 5.00. The number of carbonyl (C=O) groups is 1. The van der Waals surface area contributed by atoms with E-state index in [1.54, 1.807) is 24.3 Å². The molecule has 2 N–H and O–H groups in total. The van der Waals surface area contributed by atoms with E-state index in [9.17, 15) is 9.18 Å². The zero-order valence-corrected chi connectivity index (χ0v) is 15.4. The molecular formula is C19H21BrFN2O2+. The summed E-state index contributed by atoms with van der Waals surface area (Å²) in [5.41, 5.74) is 1.65. The van der Waals surface area contributed by atoms with Crippen molar-refractivity contribution in [3.8, 4) is 0 Å². The number of carbonyl (C=O) groups excluding carboxylic acids is 1. The van der Waals surface area contributed by atoms with Crippen LogP contribution in [0, 0.1) is 5.82 Å². The average molecular weight is 408 g/mol. The molecule has 2 aromatic carbocycles. The zero-order chi connectivity index (χ0) is 17.6. The van der Waals surface area contributed by atoms with Crippen LogP contribution in [0.5, 0.6) is 0 Å². The molecule has 1 aliphatic rings. The summed E-state index contributed by atoms with van der Waals surface area (Å²) in [6.45, 7) is 3.64. The Morgan fingerprint density at radius 2 is 1.76 bits per heavy atom. The molecule has 25 heavy (non-hydrogen) atoms. The molecule has 0 spiro atoms. The van der Waals surface area contributed by atoms with Crippen LogP contribution in [0.4, 0.5) is 4.39 Å². The average Bonchev–Trinajstić information content (AvgIpc) is 2.64. The van der Waals surface area contributed by atoms with E-state index in [1.165, 1.54) is 17.0 Å². The molecule has 0 aromatic heterocycles. The Labute approximate surface area is 155 Å². The van der Waals surface area contributed by atoms with Crippen molar-refractivity contribution < 1.29 is 18.8 Å². The van der Waals surface area contributed by atoms with E-state index < -0.39 is 0 Å². The fourth-order valence-electron chi connectivity index (χ4n) is 3.07. The van der Waals surface area contributed by atoms with Crippen molar-refractivity contribution in [1.82, 2.24) is 5.32 Å². The maximum Gasteiger partial charge on any atom is 0.251 e. The molecule has 3 rings (SSSR count). The first-order valence-electron chi connectivity index (χ1n) is 8.35. The lowest BCUT2D eigenvalue weighted by Gasteiger charge is -2.32. The summed E-state index contributed by atoms with van der Waals surface area (Å²) in [6.07, 6.45) is 0. The maximum absolute atomic E-state index is 13.3. The molecule has 132 valence electrons. The topological polar surface area (TPSA) is 42.8 Å². The molecule has 0 saturated carbocycles. The standard InChI is InChI=1S/C19H20BrFN2O2/c20-16-5-1-15(2-6-16)19(24)22-13-18(23-9-11-25-12-10-23)14-3-7-17(21)8-4-14/h1-8,18H,9-13H2,(H,22,24)/p+1/t18-/m1/s1. The van der Waals surface area contributed by atoms with E-state index in [1.807, 2.05) is 12.1 Å². The van der Waals surface area contributed by atoms with Crippen molar-refractivity contribution in [2.45, 2.75) is 6.04 Å². The van der Waals surface area contributed by atoms with E-state index in [-0.39, 0.29) is 17.8 Å². The van der Waals surface area contributed by atoms with Crippen LogP contribution >= 0.6 is 15.9 Å². The van der Waals surface area contributed by atoms with E-state index >= 15 is 0 Å². The molecule has 0 bridgehead atoms. The van der Waals surface area contributed by atoms with Crippen LogP contribution in [0.25, 0.3) is 0 Å². The van der Waals surface area contributed by atoms with Crippen molar-refractivity contribution >= 4 is 21.8 Å². The molecular weight excluding hydrogens is 387 g/mol. The predicted molar refractivity (Wildman–Crippen MR) is 97.1 cm³/mol. The molecule has 0 unspecified atom stereocenters.